The topological polar surface area (TPSA) is 158 Å². The van der Waals surface area contributed by atoms with Crippen LogP contribution >= 0.6 is 0 Å². The predicted molar refractivity (Wildman–Crippen MR) is 202 cm³/mol. The van der Waals surface area contributed by atoms with E-state index in [0.717, 1.165) is 45.4 Å². The highest BCUT2D eigenvalue weighted by atomic mass is 16.5. The molecule has 0 amide bonds. The number of carboxylic acid groups (broad SMARTS) is 1. The van der Waals surface area contributed by atoms with Crippen LogP contribution < -0.4 is 10.4 Å². The monoisotopic (exact) mass is 704 g/mol. The van der Waals surface area contributed by atoms with Crippen molar-refractivity contribution in [3.05, 3.63) is 0 Å². The predicted octanol–water partition coefficient (Wildman–Crippen LogP) is 7.90. The fourth-order valence-corrected chi connectivity index (χ4v) is 6.85. The van der Waals surface area contributed by atoms with Crippen molar-refractivity contribution in [2.75, 3.05) is 0 Å². The quantitative estimate of drug-likeness (QED) is 0.0286. The maximum Gasteiger partial charge on any atom is 0.184 e. The summed E-state index contributed by atoms with van der Waals surface area (Å²) < 4.78 is 0. The van der Waals surface area contributed by atoms with E-state index in [1.54, 1.807) is 12.2 Å². The number of carbonyl (C=O) groups is 1. The first-order valence-electron chi connectivity index (χ1n) is 20.9. The second-order valence-corrected chi connectivity index (χ2v) is 15.3. The number of aliphatic hydroxyl groups is 5. The molecule has 7 N–H and O–H groups in total. The molecule has 0 bridgehead atoms. The lowest BCUT2D eigenvalue weighted by Gasteiger charge is -2.31. The average molecular weight is 704 g/mol. The number of quaternary nitrogens is 1. The molecule has 49 heavy (non-hydrogen) atoms. The minimum Gasteiger partial charge on any atom is -0.550 e. The average Bonchev–Trinajstić information content (AvgIpc) is 3.00. The van der Waals surface area contributed by atoms with Crippen LogP contribution in [0.4, 0.5) is 0 Å². The van der Waals surface area contributed by atoms with E-state index in [-0.39, 0.29) is 25.7 Å². The number of aliphatic hydroxyl groups excluding tert-OH is 1. The maximum absolute atomic E-state index is 10.7. The molecule has 1 unspecified atom stereocenters. The van der Waals surface area contributed by atoms with Crippen LogP contribution in [0.3, 0.4) is 0 Å². The summed E-state index contributed by atoms with van der Waals surface area (Å²) >= 11 is 0. The van der Waals surface area contributed by atoms with E-state index in [1.807, 2.05) is 0 Å². The number of carbonyl (C=O) groups excluding carboxylic acids is 1. The van der Waals surface area contributed by atoms with Crippen molar-refractivity contribution in [1.82, 2.24) is 0 Å². The molecule has 0 aromatic rings. The molecule has 0 aliphatic rings. The summed E-state index contributed by atoms with van der Waals surface area (Å²) in [4.78, 5) is 8.89. The van der Waals surface area contributed by atoms with Crippen molar-refractivity contribution in [3.8, 4) is 0 Å². The van der Waals surface area contributed by atoms with Gasteiger partial charge in [0.1, 0.15) is 0 Å². The Labute approximate surface area is 303 Å². The summed E-state index contributed by atoms with van der Waals surface area (Å²) in [5, 5.41) is 63.2. The minimum absolute atomic E-state index is 0.0119. The van der Waals surface area contributed by atoms with Gasteiger partial charge in [-0.05, 0) is 19.8 Å². The third-order valence-electron chi connectivity index (χ3n) is 9.59. The van der Waals surface area contributed by atoms with Crippen molar-refractivity contribution >= 4 is 5.97 Å². The summed E-state index contributed by atoms with van der Waals surface area (Å²) in [5.74, 6) is -4.81. The number of hydrogen-bond donors (Lipinski definition) is 6. The fourth-order valence-electron chi connectivity index (χ4n) is 6.85. The van der Waals surface area contributed by atoms with Crippen LogP contribution in [-0.4, -0.2) is 55.3 Å². The molecule has 0 fully saturated rings. The standard InChI is InChI=1S/C39H81NO5.C2H4O2/c1-4-6-8-10-12-14-16-18-20-22-24-26-28-30-32-38(42,43)34-37(40-36(3)41)35-39(44,45)33-31-29-27-25-23-21-19-17-15-13-11-9-7-5-2;1-2(3)4/h36-37,40-45H,4-35H2,1-3H3;1H3,(H,3,4). The van der Waals surface area contributed by atoms with Crippen molar-refractivity contribution in [1.29, 1.82) is 0 Å². The van der Waals surface area contributed by atoms with Crippen LogP contribution in [0.15, 0.2) is 0 Å². The third kappa shape index (κ3) is 43.3. The Morgan fingerprint density at radius 1 is 0.510 bits per heavy atom. The first kappa shape index (κ1) is 50.3. The minimum atomic E-state index is -1.86. The first-order chi connectivity index (χ1) is 23.3. The number of aliphatic carboxylic acids is 1. The number of carboxylic acids is 1. The lowest BCUT2D eigenvalue weighted by atomic mass is 9.92. The Morgan fingerprint density at radius 3 is 0.918 bits per heavy atom. The number of rotatable bonds is 36. The van der Waals surface area contributed by atoms with Crippen LogP contribution in [0.25, 0.3) is 0 Å². The zero-order valence-electron chi connectivity index (χ0n) is 32.9. The Kier molecular flexibility index (Phi) is 36.6. The molecule has 8 nitrogen and oxygen atoms in total. The SMILES string of the molecule is CC(=O)[O-].CCCCCCCCCCCCCCCCC(O)(O)CC(CC(O)(O)CCCCCCCCCCCCCCCC)[NH2+]C(C)O. The van der Waals surface area contributed by atoms with Crippen LogP contribution in [-0.2, 0) is 4.79 Å². The van der Waals surface area contributed by atoms with Crippen LogP contribution in [0, 0.1) is 0 Å². The van der Waals surface area contributed by atoms with Gasteiger partial charge in [0.05, 0.1) is 18.9 Å². The molecule has 0 aromatic carbocycles. The van der Waals surface area contributed by atoms with Crippen LogP contribution in [0.1, 0.15) is 233 Å². The Balaban J connectivity index is 0. The van der Waals surface area contributed by atoms with Crippen molar-refractivity contribution in [3.63, 3.8) is 0 Å². The highest BCUT2D eigenvalue weighted by Gasteiger charge is 2.36. The van der Waals surface area contributed by atoms with Gasteiger partial charge in [0, 0.05) is 25.7 Å². The molecule has 0 aromatic heterocycles. The summed E-state index contributed by atoms with van der Waals surface area (Å²) in [6.45, 7) is 7.12. The summed E-state index contributed by atoms with van der Waals surface area (Å²) in [5.41, 5.74) is 0. The lowest BCUT2D eigenvalue weighted by molar-refractivity contribution is -0.755. The lowest BCUT2D eigenvalue weighted by Crippen LogP contribution is -2.95. The van der Waals surface area contributed by atoms with Gasteiger partial charge in [0.25, 0.3) is 0 Å². The molecule has 1 atom stereocenters. The normalized spacial score (nSPS) is 12.7. The molecular formula is C41H85NO7. The Bertz CT molecular complexity index is 637. The largest absolute Gasteiger partial charge is 0.550 e. The van der Waals surface area contributed by atoms with Crippen molar-refractivity contribution in [2.24, 2.45) is 0 Å². The molecule has 0 saturated carbocycles. The molecule has 296 valence electrons. The fraction of sp³-hybridized carbons (Fsp3) is 0.976. The van der Waals surface area contributed by atoms with E-state index in [4.69, 9.17) is 9.90 Å². The van der Waals surface area contributed by atoms with Gasteiger partial charge in [0.2, 0.25) is 0 Å². The molecule has 0 aliphatic heterocycles. The first-order valence-corrected chi connectivity index (χ1v) is 20.9. The molecule has 0 aliphatic carbocycles. The molecule has 0 saturated heterocycles. The molecule has 0 radical (unpaired) electrons. The van der Waals surface area contributed by atoms with Gasteiger partial charge >= 0.3 is 0 Å². The number of nitrogens with two attached hydrogens (primary N) is 1. The second kappa shape index (κ2) is 35.6. The molecular weight excluding hydrogens is 618 g/mol. The summed E-state index contributed by atoms with van der Waals surface area (Å²) in [7, 11) is 0. The van der Waals surface area contributed by atoms with Crippen molar-refractivity contribution in [2.45, 2.75) is 257 Å². The Hall–Kier alpha value is -0.770. The Morgan fingerprint density at radius 2 is 0.714 bits per heavy atom. The van der Waals surface area contributed by atoms with E-state index >= 15 is 0 Å². The zero-order chi connectivity index (χ0) is 37.1. The highest BCUT2D eigenvalue weighted by Crippen LogP contribution is 2.24. The zero-order valence-corrected chi connectivity index (χ0v) is 32.9. The highest BCUT2D eigenvalue weighted by molar-refractivity contribution is 5.60. The van der Waals surface area contributed by atoms with Gasteiger partial charge < -0.3 is 40.8 Å². The molecule has 0 heterocycles. The van der Waals surface area contributed by atoms with Crippen LogP contribution in [0.5, 0.6) is 0 Å². The third-order valence-corrected chi connectivity index (χ3v) is 9.59. The molecule has 8 heteroatoms. The molecule has 0 spiro atoms. The molecule has 0 rings (SSSR count). The van der Waals surface area contributed by atoms with E-state index in [9.17, 15) is 25.5 Å². The van der Waals surface area contributed by atoms with Crippen molar-refractivity contribution < 1.29 is 40.8 Å². The van der Waals surface area contributed by atoms with Gasteiger partial charge in [-0.15, -0.1) is 0 Å². The van der Waals surface area contributed by atoms with Crippen LogP contribution in [0.2, 0.25) is 0 Å². The van der Waals surface area contributed by atoms with E-state index in [2.05, 4.69) is 13.8 Å². The smallest absolute Gasteiger partial charge is 0.184 e. The number of unbranched alkanes of at least 4 members (excludes halogenated alkanes) is 26. The second-order valence-electron chi connectivity index (χ2n) is 15.3. The van der Waals surface area contributed by atoms with E-state index in [0.29, 0.717) is 0 Å². The summed E-state index contributed by atoms with van der Waals surface area (Å²) in [6, 6.07) is -0.478. The van der Waals surface area contributed by atoms with Gasteiger partial charge in [0.15, 0.2) is 17.8 Å². The van der Waals surface area contributed by atoms with Gasteiger partial charge in [-0.3, -0.25) is 0 Å². The maximum atomic E-state index is 10.7. The van der Waals surface area contributed by atoms with E-state index in [1.165, 1.54) is 141 Å². The van der Waals surface area contributed by atoms with Gasteiger partial charge in [-0.25, -0.2) is 0 Å². The van der Waals surface area contributed by atoms with Gasteiger partial charge in [-0.1, -0.05) is 181 Å². The summed E-state index contributed by atoms with van der Waals surface area (Å²) in [6.07, 6.45) is 34.9. The van der Waals surface area contributed by atoms with Gasteiger partial charge in [-0.2, -0.15) is 0 Å². The number of hydrogen-bond acceptors (Lipinski definition) is 7. The van der Waals surface area contributed by atoms with E-state index < -0.39 is 29.8 Å².